The van der Waals surface area contributed by atoms with Crippen LogP contribution in [0.25, 0.3) is 0 Å². The summed E-state index contributed by atoms with van der Waals surface area (Å²) in [4.78, 5) is 0. The molecule has 1 atom stereocenters. The van der Waals surface area contributed by atoms with Crippen LogP contribution >= 0.6 is 10.8 Å². The van der Waals surface area contributed by atoms with Gasteiger partial charge >= 0.3 is 0 Å². The summed E-state index contributed by atoms with van der Waals surface area (Å²) in [6.07, 6.45) is 0. The standard InChI is InChI=1S/C8H8OS2/c9-11-6-8-4-2-1-3-7(8)5-10-11/h1-4H,5-6H2/t11-/m0/s1. The lowest BCUT2D eigenvalue weighted by Crippen LogP contribution is -2.02. The van der Waals surface area contributed by atoms with Gasteiger partial charge in [-0.1, -0.05) is 35.1 Å². The Balaban J connectivity index is 2.41. The molecule has 0 spiro atoms. The molecule has 1 aliphatic heterocycles. The Morgan fingerprint density at radius 3 is 2.82 bits per heavy atom. The van der Waals surface area contributed by atoms with Gasteiger partial charge in [0.15, 0.2) is 0 Å². The van der Waals surface area contributed by atoms with Crippen molar-refractivity contribution in [3.05, 3.63) is 35.4 Å². The van der Waals surface area contributed by atoms with Gasteiger partial charge in [-0.05, 0) is 11.1 Å². The van der Waals surface area contributed by atoms with E-state index in [1.807, 2.05) is 12.1 Å². The molecule has 0 unspecified atom stereocenters. The third-order valence-electron chi connectivity index (χ3n) is 1.74. The largest absolute Gasteiger partial charge is 0.248 e. The number of rotatable bonds is 0. The maximum absolute atomic E-state index is 11.1. The second-order valence-electron chi connectivity index (χ2n) is 2.48. The van der Waals surface area contributed by atoms with Gasteiger partial charge in [-0.25, -0.2) is 4.21 Å². The van der Waals surface area contributed by atoms with Gasteiger partial charge in [-0.3, -0.25) is 0 Å². The highest BCUT2D eigenvalue weighted by Gasteiger charge is 2.13. The minimum absolute atomic E-state index is 0.685. The molecular weight excluding hydrogens is 176 g/mol. The predicted octanol–water partition coefficient (Wildman–Crippen LogP) is 2.10. The maximum Gasteiger partial charge on any atom is 0.0851 e. The van der Waals surface area contributed by atoms with Crippen molar-refractivity contribution in [2.75, 3.05) is 0 Å². The summed E-state index contributed by atoms with van der Waals surface area (Å²) < 4.78 is 11.1. The molecule has 0 radical (unpaired) electrons. The minimum Gasteiger partial charge on any atom is -0.248 e. The normalized spacial score (nSPS) is 22.7. The van der Waals surface area contributed by atoms with Gasteiger partial charge in [-0.2, -0.15) is 0 Å². The fourth-order valence-electron chi connectivity index (χ4n) is 1.14. The van der Waals surface area contributed by atoms with Gasteiger partial charge in [0, 0.05) is 5.75 Å². The number of hydrogen-bond acceptors (Lipinski definition) is 2. The molecule has 1 heterocycles. The summed E-state index contributed by atoms with van der Waals surface area (Å²) in [5, 5.41) is 0. The molecule has 1 aromatic carbocycles. The van der Waals surface area contributed by atoms with Crippen LogP contribution in [0.3, 0.4) is 0 Å². The van der Waals surface area contributed by atoms with Gasteiger partial charge in [0.25, 0.3) is 0 Å². The Labute approximate surface area is 72.1 Å². The van der Waals surface area contributed by atoms with Crippen LogP contribution in [0.5, 0.6) is 0 Å². The van der Waals surface area contributed by atoms with Gasteiger partial charge < -0.3 is 0 Å². The molecule has 2 rings (SSSR count). The smallest absolute Gasteiger partial charge is 0.0851 e. The Bertz CT molecular complexity index is 296. The fraction of sp³-hybridized carbons (Fsp3) is 0.250. The molecule has 3 heteroatoms. The monoisotopic (exact) mass is 184 g/mol. The second kappa shape index (κ2) is 2.99. The number of hydrogen-bond donors (Lipinski definition) is 0. The Morgan fingerprint density at radius 1 is 1.27 bits per heavy atom. The number of benzene rings is 1. The lowest BCUT2D eigenvalue weighted by atomic mass is 10.1. The highest BCUT2D eigenvalue weighted by atomic mass is 33.1. The lowest BCUT2D eigenvalue weighted by molar-refractivity contribution is 0.690. The molecule has 58 valence electrons. The third kappa shape index (κ3) is 1.49. The third-order valence-corrected chi connectivity index (χ3v) is 4.47. The van der Waals surface area contributed by atoms with Crippen molar-refractivity contribution in [2.24, 2.45) is 0 Å². The predicted molar refractivity (Wildman–Crippen MR) is 49.6 cm³/mol. The minimum atomic E-state index is -0.685. The first-order chi connectivity index (χ1) is 5.36. The average molecular weight is 184 g/mol. The van der Waals surface area contributed by atoms with E-state index in [9.17, 15) is 4.21 Å². The molecule has 11 heavy (non-hydrogen) atoms. The quantitative estimate of drug-likeness (QED) is 0.574. The first kappa shape index (κ1) is 7.37. The molecule has 1 nitrogen and oxygen atoms in total. The Hall–Kier alpha value is -0.280. The first-order valence-corrected chi connectivity index (χ1v) is 6.27. The van der Waals surface area contributed by atoms with Crippen LogP contribution in [0.2, 0.25) is 0 Å². The molecule has 0 saturated heterocycles. The van der Waals surface area contributed by atoms with Crippen LogP contribution in [-0.4, -0.2) is 4.21 Å². The topological polar surface area (TPSA) is 17.1 Å². The van der Waals surface area contributed by atoms with Crippen molar-refractivity contribution in [3.63, 3.8) is 0 Å². The van der Waals surface area contributed by atoms with Crippen LogP contribution < -0.4 is 0 Å². The lowest BCUT2D eigenvalue weighted by Gasteiger charge is -2.13. The van der Waals surface area contributed by atoms with E-state index in [0.29, 0.717) is 0 Å². The molecule has 0 aromatic heterocycles. The summed E-state index contributed by atoms with van der Waals surface area (Å²) in [7, 11) is 0.848. The van der Waals surface area contributed by atoms with Crippen LogP contribution in [0, 0.1) is 0 Å². The number of fused-ring (bicyclic) bond motifs is 1. The van der Waals surface area contributed by atoms with Crippen LogP contribution in [0.15, 0.2) is 24.3 Å². The van der Waals surface area contributed by atoms with E-state index in [4.69, 9.17) is 0 Å². The van der Waals surface area contributed by atoms with Gasteiger partial charge in [0.05, 0.1) is 15.6 Å². The zero-order valence-electron chi connectivity index (χ0n) is 5.95. The first-order valence-electron chi connectivity index (χ1n) is 3.45. The van der Waals surface area contributed by atoms with Gasteiger partial charge in [0.1, 0.15) is 0 Å². The maximum atomic E-state index is 11.1. The van der Waals surface area contributed by atoms with Crippen LogP contribution in [0.4, 0.5) is 0 Å². The van der Waals surface area contributed by atoms with Crippen molar-refractivity contribution < 1.29 is 4.21 Å². The second-order valence-corrected chi connectivity index (χ2v) is 5.72. The highest BCUT2D eigenvalue weighted by Crippen LogP contribution is 2.28. The molecule has 0 bridgehead atoms. The van der Waals surface area contributed by atoms with E-state index in [1.165, 1.54) is 21.9 Å². The van der Waals surface area contributed by atoms with Gasteiger partial charge in [0.2, 0.25) is 0 Å². The molecule has 0 fully saturated rings. The molecule has 1 aromatic rings. The summed E-state index contributed by atoms with van der Waals surface area (Å²) in [5.41, 5.74) is 2.60. The summed E-state index contributed by atoms with van der Waals surface area (Å²) >= 11 is 0. The zero-order valence-corrected chi connectivity index (χ0v) is 7.58. The molecule has 0 N–H and O–H groups in total. The van der Waals surface area contributed by atoms with Gasteiger partial charge in [-0.15, -0.1) is 0 Å². The van der Waals surface area contributed by atoms with Crippen LogP contribution in [0.1, 0.15) is 11.1 Å². The molecule has 0 saturated carbocycles. The molecule has 0 amide bonds. The van der Waals surface area contributed by atoms with Crippen LogP contribution in [-0.2, 0) is 21.3 Å². The zero-order chi connectivity index (χ0) is 7.68. The van der Waals surface area contributed by atoms with E-state index in [-0.39, 0.29) is 0 Å². The fourth-order valence-corrected chi connectivity index (χ4v) is 3.70. The van der Waals surface area contributed by atoms with E-state index in [2.05, 4.69) is 12.1 Å². The summed E-state index contributed by atoms with van der Waals surface area (Å²) in [5.74, 6) is 1.63. The van der Waals surface area contributed by atoms with Crippen molar-refractivity contribution in [1.82, 2.24) is 0 Å². The van der Waals surface area contributed by atoms with E-state index < -0.39 is 9.83 Å². The Morgan fingerprint density at radius 2 is 2.00 bits per heavy atom. The van der Waals surface area contributed by atoms with Crippen molar-refractivity contribution >= 4 is 20.6 Å². The van der Waals surface area contributed by atoms with E-state index in [1.54, 1.807) is 0 Å². The average Bonchev–Trinajstić information content (AvgIpc) is 2.04. The Kier molecular flexibility index (Phi) is 2.00. The van der Waals surface area contributed by atoms with Crippen molar-refractivity contribution in [3.8, 4) is 0 Å². The van der Waals surface area contributed by atoms with E-state index >= 15 is 0 Å². The molecular formula is C8H8OS2. The van der Waals surface area contributed by atoms with Crippen molar-refractivity contribution in [2.45, 2.75) is 11.5 Å². The highest BCUT2D eigenvalue weighted by molar-refractivity contribution is 8.68. The van der Waals surface area contributed by atoms with E-state index in [0.717, 1.165) is 11.5 Å². The summed E-state index contributed by atoms with van der Waals surface area (Å²) in [6, 6.07) is 8.21. The van der Waals surface area contributed by atoms with Crippen molar-refractivity contribution in [1.29, 1.82) is 0 Å². The molecule has 0 aliphatic carbocycles. The SMILES string of the molecule is O=[S@@]1Cc2ccccc2CS1. The summed E-state index contributed by atoms with van der Waals surface area (Å²) in [6.45, 7) is 0. The molecule has 1 aliphatic rings.